The second-order valence-electron chi connectivity index (χ2n) is 6.55. The molecule has 0 aliphatic rings. The van der Waals surface area contributed by atoms with Crippen LogP contribution in [-0.4, -0.2) is 30.5 Å². The van der Waals surface area contributed by atoms with Gasteiger partial charge in [-0.1, -0.05) is 29.3 Å². The molecule has 0 aliphatic heterocycles. The van der Waals surface area contributed by atoms with E-state index in [0.717, 1.165) is 0 Å². The molecule has 4 aromatic rings. The zero-order valence-electron chi connectivity index (χ0n) is 16.2. The zero-order chi connectivity index (χ0) is 22.7. The minimum Gasteiger partial charge on any atom is -0.471 e. The Balaban J connectivity index is 1.34. The monoisotopic (exact) mass is 478 g/mol. The molecule has 2 aromatic heterocycles. The van der Waals surface area contributed by atoms with Gasteiger partial charge in [0.15, 0.2) is 12.4 Å². The number of hydrogen-bond acceptors (Lipinski definition) is 5. The summed E-state index contributed by atoms with van der Waals surface area (Å²) in [6, 6.07) is 9.51. The summed E-state index contributed by atoms with van der Waals surface area (Å²) < 4.78 is 34.7. The molecule has 1 N–H and O–H groups in total. The smallest absolute Gasteiger partial charge is 0.278 e. The zero-order valence-corrected chi connectivity index (χ0v) is 17.7. The van der Waals surface area contributed by atoms with E-state index in [1.165, 1.54) is 52.1 Å². The van der Waals surface area contributed by atoms with Gasteiger partial charge in [-0.05, 0) is 35.9 Å². The highest BCUT2D eigenvalue weighted by Crippen LogP contribution is 2.21. The van der Waals surface area contributed by atoms with Crippen molar-refractivity contribution >= 4 is 35.1 Å². The summed E-state index contributed by atoms with van der Waals surface area (Å²) in [6.07, 6.45) is 2.96. The molecule has 2 heterocycles. The normalized spacial score (nSPS) is 10.9. The molecule has 4 rings (SSSR count). The van der Waals surface area contributed by atoms with Crippen molar-refractivity contribution in [1.29, 1.82) is 0 Å². The second kappa shape index (κ2) is 9.33. The molecule has 0 atom stereocenters. The first-order valence-corrected chi connectivity index (χ1v) is 9.89. The summed E-state index contributed by atoms with van der Waals surface area (Å²) >= 11 is 11.7. The highest BCUT2D eigenvalue weighted by molar-refractivity contribution is 6.31. The van der Waals surface area contributed by atoms with Crippen molar-refractivity contribution < 1.29 is 18.3 Å². The average molecular weight is 479 g/mol. The topological polar surface area (TPSA) is 86.9 Å². The van der Waals surface area contributed by atoms with Crippen LogP contribution in [0.5, 0.6) is 5.75 Å². The third kappa shape index (κ3) is 5.21. The third-order valence-corrected chi connectivity index (χ3v) is 4.88. The van der Waals surface area contributed by atoms with Gasteiger partial charge in [-0.2, -0.15) is 5.10 Å². The summed E-state index contributed by atoms with van der Waals surface area (Å²) in [6.45, 7) is 0.238. The Morgan fingerprint density at radius 3 is 2.66 bits per heavy atom. The standard InChI is InChI=1S/C20H14Cl2F2N6O2/c21-15-7-13(23)2-1-12(15)9-30-10-25-20(28-30)26-19(31)18-5-6-29(27-18)11-32-14-3-4-17(24)16(22)8-14/h1-8,10H,9,11H2,(H,26,28,31). The molecule has 0 spiro atoms. The van der Waals surface area contributed by atoms with Crippen LogP contribution in [0.1, 0.15) is 16.1 Å². The summed E-state index contributed by atoms with van der Waals surface area (Å²) in [5.41, 5.74) is 0.765. The van der Waals surface area contributed by atoms with E-state index in [1.54, 1.807) is 12.3 Å². The van der Waals surface area contributed by atoms with Gasteiger partial charge in [-0.25, -0.2) is 23.1 Å². The Morgan fingerprint density at radius 1 is 1.03 bits per heavy atom. The maximum atomic E-state index is 13.2. The number of amides is 1. The van der Waals surface area contributed by atoms with Crippen molar-refractivity contribution in [3.63, 3.8) is 0 Å². The maximum Gasteiger partial charge on any atom is 0.278 e. The van der Waals surface area contributed by atoms with Crippen LogP contribution < -0.4 is 10.1 Å². The molecule has 32 heavy (non-hydrogen) atoms. The van der Waals surface area contributed by atoms with Crippen LogP contribution >= 0.6 is 23.2 Å². The first-order valence-electron chi connectivity index (χ1n) is 9.13. The first-order chi connectivity index (χ1) is 15.4. The van der Waals surface area contributed by atoms with E-state index in [1.807, 2.05) is 0 Å². The van der Waals surface area contributed by atoms with Crippen molar-refractivity contribution in [1.82, 2.24) is 24.5 Å². The van der Waals surface area contributed by atoms with Crippen LogP contribution in [0.15, 0.2) is 55.0 Å². The third-order valence-electron chi connectivity index (χ3n) is 4.24. The number of rotatable bonds is 7. The number of carbonyl (C=O) groups is 1. The van der Waals surface area contributed by atoms with Gasteiger partial charge in [0.25, 0.3) is 5.91 Å². The van der Waals surface area contributed by atoms with Crippen molar-refractivity contribution in [3.8, 4) is 5.75 Å². The van der Waals surface area contributed by atoms with Crippen molar-refractivity contribution in [2.75, 3.05) is 5.32 Å². The van der Waals surface area contributed by atoms with Crippen molar-refractivity contribution in [3.05, 3.63) is 87.9 Å². The lowest BCUT2D eigenvalue weighted by atomic mass is 10.2. The molecule has 12 heteroatoms. The molecular formula is C20H14Cl2F2N6O2. The minimum atomic E-state index is -0.547. The Labute approximate surface area is 190 Å². The summed E-state index contributed by atoms with van der Waals surface area (Å²) in [4.78, 5) is 16.4. The molecule has 0 fully saturated rings. The fraction of sp³-hybridized carbons (Fsp3) is 0.100. The molecule has 1 amide bonds. The van der Waals surface area contributed by atoms with E-state index in [4.69, 9.17) is 27.9 Å². The second-order valence-corrected chi connectivity index (χ2v) is 7.36. The van der Waals surface area contributed by atoms with E-state index < -0.39 is 17.5 Å². The van der Waals surface area contributed by atoms with Gasteiger partial charge >= 0.3 is 0 Å². The van der Waals surface area contributed by atoms with Crippen LogP contribution in [0.2, 0.25) is 10.0 Å². The molecule has 0 unspecified atom stereocenters. The molecule has 0 saturated heterocycles. The molecule has 164 valence electrons. The van der Waals surface area contributed by atoms with Crippen LogP contribution in [0.25, 0.3) is 0 Å². The largest absolute Gasteiger partial charge is 0.471 e. The molecule has 0 radical (unpaired) electrons. The number of nitrogens with one attached hydrogen (secondary N) is 1. The summed E-state index contributed by atoms with van der Waals surface area (Å²) in [5, 5.41) is 11.0. The van der Waals surface area contributed by atoms with E-state index >= 15 is 0 Å². The van der Waals surface area contributed by atoms with Gasteiger partial charge in [0.1, 0.15) is 23.7 Å². The van der Waals surface area contributed by atoms with Gasteiger partial charge < -0.3 is 4.74 Å². The molecule has 0 saturated carbocycles. The highest BCUT2D eigenvalue weighted by atomic mass is 35.5. The lowest BCUT2D eigenvalue weighted by molar-refractivity contribution is 0.101. The number of ether oxygens (including phenoxy) is 1. The van der Waals surface area contributed by atoms with Crippen LogP contribution in [0, 0.1) is 11.6 Å². The predicted octanol–water partition coefficient (Wildman–Crippen LogP) is 4.40. The lowest BCUT2D eigenvalue weighted by Gasteiger charge is -2.06. The number of benzene rings is 2. The van der Waals surface area contributed by atoms with Crippen molar-refractivity contribution in [2.45, 2.75) is 13.3 Å². The molecule has 8 nitrogen and oxygen atoms in total. The number of hydrogen-bond donors (Lipinski definition) is 1. The lowest BCUT2D eigenvalue weighted by Crippen LogP contribution is -2.15. The predicted molar refractivity (Wildman–Crippen MR) is 113 cm³/mol. The quantitative estimate of drug-likeness (QED) is 0.425. The molecular weight excluding hydrogens is 465 g/mol. The summed E-state index contributed by atoms with van der Waals surface area (Å²) in [7, 11) is 0. The Morgan fingerprint density at radius 2 is 1.88 bits per heavy atom. The minimum absolute atomic E-state index is 0.0133. The Bertz CT molecular complexity index is 1280. The number of nitrogens with zero attached hydrogens (tertiary/aromatic N) is 5. The van der Waals surface area contributed by atoms with Crippen LogP contribution in [0.3, 0.4) is 0 Å². The number of aromatic nitrogens is 5. The fourth-order valence-electron chi connectivity index (χ4n) is 2.68. The number of carbonyl (C=O) groups excluding carboxylic acids is 1. The van der Waals surface area contributed by atoms with E-state index in [0.29, 0.717) is 11.3 Å². The molecule has 0 bridgehead atoms. The van der Waals surface area contributed by atoms with Gasteiger partial charge in [0.05, 0.1) is 11.6 Å². The highest BCUT2D eigenvalue weighted by Gasteiger charge is 2.13. The van der Waals surface area contributed by atoms with Gasteiger partial charge in [0.2, 0.25) is 5.95 Å². The summed E-state index contributed by atoms with van der Waals surface area (Å²) in [5.74, 6) is -1.08. The van der Waals surface area contributed by atoms with Gasteiger partial charge in [-0.15, -0.1) is 5.10 Å². The number of halogens is 4. The molecule has 0 aliphatic carbocycles. The average Bonchev–Trinajstić information content (AvgIpc) is 3.40. The van der Waals surface area contributed by atoms with E-state index in [2.05, 4.69) is 20.5 Å². The van der Waals surface area contributed by atoms with E-state index in [-0.39, 0.29) is 35.0 Å². The Hall–Kier alpha value is -3.50. The fourth-order valence-corrected chi connectivity index (χ4v) is 3.08. The van der Waals surface area contributed by atoms with Crippen molar-refractivity contribution in [2.24, 2.45) is 0 Å². The SMILES string of the molecule is O=C(Nc1ncn(Cc2ccc(F)cc2Cl)n1)c1ccn(COc2ccc(F)c(Cl)c2)n1. The van der Waals surface area contributed by atoms with E-state index in [9.17, 15) is 13.6 Å². The number of anilines is 1. The van der Waals surface area contributed by atoms with Crippen LogP contribution in [-0.2, 0) is 13.3 Å². The maximum absolute atomic E-state index is 13.2. The van der Waals surface area contributed by atoms with Crippen LogP contribution in [0.4, 0.5) is 14.7 Å². The van der Waals surface area contributed by atoms with Gasteiger partial charge in [-0.3, -0.25) is 10.1 Å². The van der Waals surface area contributed by atoms with Gasteiger partial charge in [0, 0.05) is 17.3 Å². The Kier molecular flexibility index (Phi) is 6.33. The molecule has 2 aromatic carbocycles. The first kappa shape index (κ1) is 21.7.